The second kappa shape index (κ2) is 13.1. The zero-order chi connectivity index (χ0) is 29.8. The predicted molar refractivity (Wildman–Crippen MR) is 161 cm³/mol. The summed E-state index contributed by atoms with van der Waals surface area (Å²) in [7, 11) is 0. The lowest BCUT2D eigenvalue weighted by molar-refractivity contribution is -0.150. The molecule has 4 aliphatic heterocycles. The first-order valence-corrected chi connectivity index (χ1v) is 15.8. The van der Waals surface area contributed by atoms with Gasteiger partial charge in [-0.15, -0.1) is 34.9 Å². The lowest BCUT2D eigenvalue weighted by Crippen LogP contribution is -2.71. The van der Waals surface area contributed by atoms with Gasteiger partial charge in [0, 0.05) is 42.4 Å². The van der Waals surface area contributed by atoms with Crippen molar-refractivity contribution in [2.45, 2.75) is 17.8 Å². The Labute approximate surface area is 253 Å². The Morgan fingerprint density at radius 2 is 2.12 bits per heavy atom. The van der Waals surface area contributed by atoms with Crippen molar-refractivity contribution >= 4 is 63.5 Å². The second-order valence-electron chi connectivity index (χ2n) is 9.21. The fourth-order valence-corrected chi connectivity index (χ4v) is 7.02. The molecule has 4 aliphatic rings. The van der Waals surface area contributed by atoms with Crippen molar-refractivity contribution < 1.29 is 24.3 Å². The van der Waals surface area contributed by atoms with Crippen molar-refractivity contribution in [1.82, 2.24) is 30.5 Å². The van der Waals surface area contributed by atoms with E-state index in [0.717, 1.165) is 27.9 Å². The number of carboxylic acids is 1. The van der Waals surface area contributed by atoms with Crippen LogP contribution < -0.4 is 27.9 Å². The number of carboxylic acid groups (broad SMARTS) is 1. The number of rotatable bonds is 13. The first kappa shape index (κ1) is 29.8. The van der Waals surface area contributed by atoms with E-state index >= 15 is 0 Å². The summed E-state index contributed by atoms with van der Waals surface area (Å²) in [6.07, 6.45) is 8.09. The van der Waals surface area contributed by atoms with Crippen LogP contribution in [-0.2, 0) is 19.2 Å². The topological polar surface area (TPSA) is 218 Å². The molecule has 15 nitrogen and oxygen atoms in total. The molecule has 1 fully saturated rings. The number of nitrogens with two attached hydrogens (primary N) is 3. The summed E-state index contributed by atoms with van der Waals surface area (Å²) >= 11 is 4.11. The molecule has 0 aromatic carbocycles. The van der Waals surface area contributed by atoms with E-state index in [2.05, 4.69) is 20.9 Å². The zero-order valence-corrected chi connectivity index (χ0v) is 24.7. The summed E-state index contributed by atoms with van der Waals surface area (Å²) < 4.78 is 0. The molecule has 0 saturated carbocycles. The third kappa shape index (κ3) is 6.07. The number of nitrogens with one attached hydrogen (secondary N) is 2. The summed E-state index contributed by atoms with van der Waals surface area (Å²) in [6, 6.07) is -0.953. The molecule has 18 heteroatoms. The van der Waals surface area contributed by atoms with Crippen molar-refractivity contribution in [3.63, 3.8) is 0 Å². The number of thiazole rings is 1. The van der Waals surface area contributed by atoms with Gasteiger partial charge in [-0.1, -0.05) is 5.16 Å². The van der Waals surface area contributed by atoms with E-state index in [-0.39, 0.29) is 35.4 Å². The van der Waals surface area contributed by atoms with Crippen LogP contribution in [0.3, 0.4) is 0 Å². The number of thioether (sulfide) groups is 2. The smallest absolute Gasteiger partial charge is 0.352 e. The number of fused-ring (bicyclic) bond motifs is 2. The predicted octanol–water partition coefficient (Wildman–Crippen LogP) is -0.485. The number of hydrogen-bond donors (Lipinski definition) is 6. The minimum Gasteiger partial charge on any atom is -0.477 e. The lowest BCUT2D eigenvalue weighted by Gasteiger charge is -2.49. The van der Waals surface area contributed by atoms with Crippen molar-refractivity contribution in [3.05, 3.63) is 57.7 Å². The van der Waals surface area contributed by atoms with Crippen LogP contribution in [-0.4, -0.2) is 97.6 Å². The van der Waals surface area contributed by atoms with Crippen LogP contribution in [0.5, 0.6) is 0 Å². The number of carbonyl (C=O) groups excluding carboxylic acids is 2. The van der Waals surface area contributed by atoms with Gasteiger partial charge in [-0.3, -0.25) is 19.9 Å². The number of hydrogen-bond acceptors (Lipinski definition) is 15. The number of hydrazine groups is 1. The van der Waals surface area contributed by atoms with E-state index in [9.17, 15) is 19.5 Å². The normalized spacial score (nSPS) is 21.3. The molecule has 0 radical (unpaired) electrons. The molecule has 1 aromatic heterocycles. The number of nitrogens with zero attached hydrogens (tertiary/aromatic N) is 5. The van der Waals surface area contributed by atoms with Crippen LogP contribution in [0.15, 0.2) is 57.2 Å². The highest BCUT2D eigenvalue weighted by Gasteiger charge is 2.54. The molecule has 2 atom stereocenters. The maximum Gasteiger partial charge on any atom is 0.352 e. The van der Waals surface area contributed by atoms with Crippen LogP contribution in [0, 0.1) is 0 Å². The van der Waals surface area contributed by atoms with E-state index in [1.165, 1.54) is 16.7 Å². The molecule has 0 bridgehead atoms. The molecule has 0 unspecified atom stereocenters. The molecule has 5 rings (SSSR count). The number of β-lactam (4-membered cyclic amide) rings is 1. The highest BCUT2D eigenvalue weighted by atomic mass is 32.2. The Balaban J connectivity index is 1.29. The summed E-state index contributed by atoms with van der Waals surface area (Å²) in [5.74, 6) is -0.476. The van der Waals surface area contributed by atoms with Crippen LogP contribution in [0.1, 0.15) is 12.1 Å². The molecule has 1 aromatic rings. The van der Waals surface area contributed by atoms with Gasteiger partial charge in [0.1, 0.15) is 35.2 Å². The van der Waals surface area contributed by atoms with Gasteiger partial charge in [0.25, 0.3) is 11.8 Å². The van der Waals surface area contributed by atoms with Gasteiger partial charge in [0.2, 0.25) is 0 Å². The van der Waals surface area contributed by atoms with Crippen LogP contribution in [0.25, 0.3) is 0 Å². The standard InChI is InChI=1S/C24H30N10O5S3/c25-4-1-8-39-31-17(14-12-42-24(27)28-14)20(35)29-18-21(36)34-19(23(37)38)13(11-41-22(18)34)10-32-6-7-33-16(32)3-2-15(30-33)40-9-5-26/h2-3,6-7,12,18,22,30H,1,4-5,8-11,25-26H2,(H2,27,28)(H,29,35)(H,37,38)/b31-17-/t18-,22+/m1/s1. The van der Waals surface area contributed by atoms with Crippen molar-refractivity contribution in [2.75, 3.05) is 43.5 Å². The van der Waals surface area contributed by atoms with Gasteiger partial charge in [0.05, 0.1) is 5.03 Å². The SMILES string of the molecule is NCCCO/N=C(\C(=O)N[C@@H]1C(=O)N2C(C(=O)O)=C(CN3C=CN4NC(SCCN)=CC=C34)CS[C@@H]12)c1csc(N)n1. The van der Waals surface area contributed by atoms with Crippen molar-refractivity contribution in [2.24, 2.45) is 16.6 Å². The second-order valence-corrected chi connectivity index (χ2v) is 12.3. The average Bonchev–Trinajstić information content (AvgIpc) is 3.59. The molecule has 1 saturated heterocycles. The van der Waals surface area contributed by atoms with E-state index in [1.54, 1.807) is 17.1 Å². The Morgan fingerprint density at radius 3 is 2.83 bits per heavy atom. The molecule has 2 amide bonds. The maximum atomic E-state index is 13.2. The van der Waals surface area contributed by atoms with Gasteiger partial charge < -0.3 is 37.4 Å². The van der Waals surface area contributed by atoms with Gasteiger partial charge in [-0.2, -0.15) is 0 Å². The number of anilines is 1. The van der Waals surface area contributed by atoms with Crippen molar-refractivity contribution in [1.29, 1.82) is 0 Å². The molecule has 42 heavy (non-hydrogen) atoms. The average molecular weight is 635 g/mol. The van der Waals surface area contributed by atoms with E-state index < -0.39 is 29.2 Å². The maximum absolute atomic E-state index is 13.2. The molecule has 0 aliphatic carbocycles. The van der Waals surface area contributed by atoms with Crippen molar-refractivity contribution in [3.8, 4) is 0 Å². The Kier molecular flexibility index (Phi) is 9.27. The van der Waals surface area contributed by atoms with Gasteiger partial charge >= 0.3 is 5.97 Å². The van der Waals surface area contributed by atoms with Crippen LogP contribution in [0.4, 0.5) is 5.13 Å². The number of nitrogen functional groups attached to an aromatic ring is 1. The summed E-state index contributed by atoms with van der Waals surface area (Å²) in [5.41, 5.74) is 20.7. The molecule has 0 spiro atoms. The van der Waals surface area contributed by atoms with Crippen LogP contribution >= 0.6 is 34.9 Å². The minimum atomic E-state index is -1.21. The monoisotopic (exact) mass is 634 g/mol. The lowest BCUT2D eigenvalue weighted by atomic mass is 10.0. The zero-order valence-electron chi connectivity index (χ0n) is 22.3. The number of allylic oxidation sites excluding steroid dienone is 2. The molecular formula is C24H30N10O5S3. The summed E-state index contributed by atoms with van der Waals surface area (Å²) in [5, 5.41) is 20.7. The largest absolute Gasteiger partial charge is 0.477 e. The van der Waals surface area contributed by atoms with E-state index in [1.807, 2.05) is 34.5 Å². The molecule has 9 N–H and O–H groups in total. The number of carbonyl (C=O) groups is 3. The highest BCUT2D eigenvalue weighted by molar-refractivity contribution is 8.03. The Morgan fingerprint density at radius 1 is 1.29 bits per heavy atom. The summed E-state index contributed by atoms with van der Waals surface area (Å²) in [4.78, 5) is 51.3. The van der Waals surface area contributed by atoms with E-state index in [4.69, 9.17) is 22.0 Å². The van der Waals surface area contributed by atoms with Gasteiger partial charge in [-0.25, -0.2) is 14.8 Å². The third-order valence-corrected chi connectivity index (χ3v) is 9.39. The first-order chi connectivity index (χ1) is 20.3. The Bertz CT molecular complexity index is 1410. The third-order valence-electron chi connectivity index (χ3n) is 6.40. The molecule has 5 heterocycles. The number of aromatic nitrogens is 1. The fourth-order valence-electron chi connectivity index (χ4n) is 4.48. The minimum absolute atomic E-state index is 0.0773. The summed E-state index contributed by atoms with van der Waals surface area (Å²) in [6.45, 7) is 1.41. The Hall–Kier alpha value is -3.71. The number of amides is 2. The fraction of sp³-hybridized carbons (Fsp3) is 0.375. The number of aliphatic carboxylic acids is 1. The van der Waals surface area contributed by atoms with Gasteiger partial charge in [0.15, 0.2) is 10.8 Å². The molecular weight excluding hydrogens is 605 g/mol. The first-order valence-electron chi connectivity index (χ1n) is 12.9. The number of oxime groups is 1. The quantitative estimate of drug-likeness (QED) is 0.0699. The van der Waals surface area contributed by atoms with E-state index in [0.29, 0.717) is 30.8 Å². The van der Waals surface area contributed by atoms with Crippen LogP contribution in [0.2, 0.25) is 0 Å². The van der Waals surface area contributed by atoms with Gasteiger partial charge in [-0.05, 0) is 30.7 Å². The molecule has 224 valence electrons. The highest BCUT2D eigenvalue weighted by Crippen LogP contribution is 2.41.